The Morgan fingerprint density at radius 3 is 2.05 bits per heavy atom. The molecule has 0 bridgehead atoms. The van der Waals surface area contributed by atoms with E-state index in [1.165, 1.54) is 23.9 Å². The van der Waals surface area contributed by atoms with Gasteiger partial charge in [-0.05, 0) is 80.0 Å². The number of hydrogen-bond acceptors (Lipinski definition) is 7. The van der Waals surface area contributed by atoms with E-state index in [9.17, 15) is 8.42 Å². The maximum absolute atomic E-state index is 12.8. The Hall–Kier alpha value is -3.11. The molecule has 3 aromatic carbocycles. The van der Waals surface area contributed by atoms with Crippen molar-refractivity contribution in [2.75, 3.05) is 54.4 Å². The highest BCUT2D eigenvalue weighted by Gasteiger charge is 2.25. The van der Waals surface area contributed by atoms with Crippen LogP contribution in [0.1, 0.15) is 25.7 Å². The van der Waals surface area contributed by atoms with E-state index in [1.54, 1.807) is 0 Å². The third-order valence-electron chi connectivity index (χ3n) is 8.51. The molecule has 0 unspecified atom stereocenters. The summed E-state index contributed by atoms with van der Waals surface area (Å²) in [4.78, 5) is 14.7. The zero-order chi connectivity index (χ0) is 29.8. The van der Waals surface area contributed by atoms with E-state index in [2.05, 4.69) is 62.3 Å². The molecule has 43 heavy (non-hydrogen) atoms. The monoisotopic (exact) mass is 638 g/mol. The molecule has 11 heteroatoms. The third-order valence-corrected chi connectivity index (χ3v) is 10.3. The molecule has 0 radical (unpaired) electrons. The van der Waals surface area contributed by atoms with E-state index in [4.69, 9.17) is 33.2 Å². The lowest BCUT2D eigenvalue weighted by Gasteiger charge is -2.37. The largest absolute Gasteiger partial charge is 0.368 e. The summed E-state index contributed by atoms with van der Waals surface area (Å²) >= 11 is 12.0. The van der Waals surface area contributed by atoms with E-state index >= 15 is 0 Å². The van der Waals surface area contributed by atoms with Gasteiger partial charge in [0.1, 0.15) is 5.82 Å². The predicted molar refractivity (Wildman–Crippen MR) is 176 cm³/mol. The second kappa shape index (κ2) is 13.3. The van der Waals surface area contributed by atoms with Gasteiger partial charge in [-0.3, -0.25) is 0 Å². The van der Waals surface area contributed by atoms with Crippen molar-refractivity contribution < 1.29 is 8.42 Å². The standard InChI is InChI=1S/C32H36Cl2N6O2S/c33-25-18-26(34)20-28(19-25)43(41,42)36-22-24-12-10-23(11-13-24)21-35-32-37-30-9-5-4-8-29(30)31(38-32)40-16-14-39(15-17-40)27-6-2-1-3-7-27/h1-9,18-20,23-24,36H,10-17,21-22H2,(H,35,37,38). The highest BCUT2D eigenvalue weighted by atomic mass is 35.5. The van der Waals surface area contributed by atoms with Crippen LogP contribution in [0.25, 0.3) is 10.9 Å². The maximum Gasteiger partial charge on any atom is 0.240 e. The lowest BCUT2D eigenvalue weighted by atomic mass is 9.82. The molecule has 0 amide bonds. The Bertz CT molecular complexity index is 1640. The number of nitrogens with zero attached hydrogens (tertiary/aromatic N) is 4. The maximum atomic E-state index is 12.8. The molecule has 2 fully saturated rings. The SMILES string of the molecule is O=S(=O)(NCC1CCC(CNc2nc(N3CCN(c4ccccc4)CC3)c3ccccc3n2)CC1)c1cc(Cl)cc(Cl)c1. The van der Waals surface area contributed by atoms with Gasteiger partial charge in [-0.1, -0.05) is 53.5 Å². The van der Waals surface area contributed by atoms with Crippen LogP contribution >= 0.6 is 23.2 Å². The number of aromatic nitrogens is 2. The predicted octanol–water partition coefficient (Wildman–Crippen LogP) is 6.46. The van der Waals surface area contributed by atoms with Crippen LogP contribution < -0.4 is 19.8 Å². The van der Waals surface area contributed by atoms with E-state index in [1.807, 2.05) is 12.1 Å². The summed E-state index contributed by atoms with van der Waals surface area (Å²) < 4.78 is 28.3. The van der Waals surface area contributed by atoms with Crippen LogP contribution in [0.5, 0.6) is 0 Å². The van der Waals surface area contributed by atoms with Crippen LogP contribution in [-0.2, 0) is 10.0 Å². The van der Waals surface area contributed by atoms with Crippen LogP contribution in [0, 0.1) is 11.8 Å². The molecule has 0 atom stereocenters. The fourth-order valence-corrected chi connectivity index (χ4v) is 7.91. The number of rotatable bonds is 9. The first-order chi connectivity index (χ1) is 20.8. The zero-order valence-electron chi connectivity index (χ0n) is 23.9. The summed E-state index contributed by atoms with van der Waals surface area (Å²) in [5.74, 6) is 2.42. The molecule has 1 saturated heterocycles. The second-order valence-corrected chi connectivity index (χ2v) is 14.1. The number of para-hydroxylation sites is 2. The molecular formula is C32H36Cl2N6O2S. The van der Waals surface area contributed by atoms with Gasteiger partial charge in [-0.15, -0.1) is 0 Å². The van der Waals surface area contributed by atoms with Crippen LogP contribution in [0.2, 0.25) is 10.0 Å². The Morgan fingerprint density at radius 1 is 0.744 bits per heavy atom. The molecule has 2 aliphatic rings. The van der Waals surface area contributed by atoms with Crippen molar-refractivity contribution >= 4 is 61.6 Å². The van der Waals surface area contributed by atoms with Gasteiger partial charge in [0.2, 0.25) is 16.0 Å². The summed E-state index contributed by atoms with van der Waals surface area (Å²) in [5, 5.41) is 5.20. The van der Waals surface area contributed by atoms with Crippen molar-refractivity contribution in [3.63, 3.8) is 0 Å². The number of piperazine rings is 1. The summed E-state index contributed by atoms with van der Waals surface area (Å²) in [6.07, 6.45) is 3.95. The van der Waals surface area contributed by atoms with E-state index in [-0.39, 0.29) is 4.90 Å². The fourth-order valence-electron chi connectivity index (χ4n) is 6.07. The minimum atomic E-state index is -3.67. The van der Waals surface area contributed by atoms with Crippen molar-refractivity contribution in [1.29, 1.82) is 0 Å². The van der Waals surface area contributed by atoms with E-state index < -0.39 is 10.0 Å². The molecule has 4 aromatic rings. The van der Waals surface area contributed by atoms with Crippen molar-refractivity contribution in [1.82, 2.24) is 14.7 Å². The van der Waals surface area contributed by atoms with Crippen LogP contribution in [0.15, 0.2) is 77.7 Å². The highest BCUT2D eigenvalue weighted by molar-refractivity contribution is 7.89. The number of benzene rings is 3. The Kier molecular flexibility index (Phi) is 9.23. The first-order valence-corrected chi connectivity index (χ1v) is 17.1. The molecule has 2 heterocycles. The Labute approximate surface area is 263 Å². The van der Waals surface area contributed by atoms with Gasteiger partial charge in [-0.25, -0.2) is 18.1 Å². The third kappa shape index (κ3) is 7.34. The van der Waals surface area contributed by atoms with Crippen LogP contribution in [0.3, 0.4) is 0 Å². The number of hydrogen-bond donors (Lipinski definition) is 2. The molecule has 1 aromatic heterocycles. The molecule has 0 spiro atoms. The number of halogens is 2. The van der Waals surface area contributed by atoms with Crippen LogP contribution in [-0.4, -0.2) is 57.7 Å². The first kappa shape index (κ1) is 29.9. The van der Waals surface area contributed by atoms with E-state index in [0.717, 1.165) is 75.1 Å². The Morgan fingerprint density at radius 2 is 1.35 bits per heavy atom. The van der Waals surface area contributed by atoms with Crippen LogP contribution in [0.4, 0.5) is 17.5 Å². The average Bonchev–Trinajstić information content (AvgIpc) is 3.03. The molecule has 1 aliphatic carbocycles. The molecule has 2 N–H and O–H groups in total. The number of sulfonamides is 1. The smallest absolute Gasteiger partial charge is 0.240 e. The molecule has 1 aliphatic heterocycles. The normalized spacial score (nSPS) is 19.5. The van der Waals surface area contributed by atoms with Gasteiger partial charge in [-0.2, -0.15) is 4.98 Å². The minimum absolute atomic E-state index is 0.0933. The van der Waals surface area contributed by atoms with Gasteiger partial charge in [0.15, 0.2) is 0 Å². The lowest BCUT2D eigenvalue weighted by molar-refractivity contribution is 0.284. The van der Waals surface area contributed by atoms with Crippen molar-refractivity contribution in [3.05, 3.63) is 82.8 Å². The topological polar surface area (TPSA) is 90.5 Å². The van der Waals surface area contributed by atoms with Crippen molar-refractivity contribution in [2.45, 2.75) is 30.6 Å². The highest BCUT2D eigenvalue weighted by Crippen LogP contribution is 2.31. The van der Waals surface area contributed by atoms with Crippen molar-refractivity contribution in [3.8, 4) is 0 Å². The minimum Gasteiger partial charge on any atom is -0.368 e. The van der Waals surface area contributed by atoms with Gasteiger partial charge in [0, 0.05) is 60.4 Å². The summed E-state index contributed by atoms with van der Waals surface area (Å²) in [6, 6.07) is 23.2. The number of fused-ring (bicyclic) bond motifs is 1. The van der Waals surface area contributed by atoms with Gasteiger partial charge in [0.05, 0.1) is 10.4 Å². The zero-order valence-corrected chi connectivity index (χ0v) is 26.3. The quantitative estimate of drug-likeness (QED) is 0.217. The second-order valence-electron chi connectivity index (χ2n) is 11.4. The molecular weight excluding hydrogens is 603 g/mol. The molecule has 1 saturated carbocycles. The lowest BCUT2D eigenvalue weighted by Crippen LogP contribution is -2.47. The molecule has 8 nitrogen and oxygen atoms in total. The Balaban J connectivity index is 1.03. The summed E-state index contributed by atoms with van der Waals surface area (Å²) in [7, 11) is -3.67. The first-order valence-electron chi connectivity index (χ1n) is 14.9. The average molecular weight is 640 g/mol. The molecule has 6 rings (SSSR count). The summed E-state index contributed by atoms with van der Waals surface area (Å²) in [6.45, 7) is 4.87. The van der Waals surface area contributed by atoms with Crippen molar-refractivity contribution in [2.24, 2.45) is 11.8 Å². The number of nitrogens with one attached hydrogen (secondary N) is 2. The number of anilines is 3. The fraction of sp³-hybridized carbons (Fsp3) is 0.375. The molecule has 226 valence electrons. The van der Waals surface area contributed by atoms with E-state index in [0.29, 0.717) is 34.4 Å². The van der Waals surface area contributed by atoms with Gasteiger partial charge < -0.3 is 15.1 Å². The van der Waals surface area contributed by atoms with Gasteiger partial charge >= 0.3 is 0 Å². The van der Waals surface area contributed by atoms with Gasteiger partial charge in [0.25, 0.3) is 0 Å². The summed E-state index contributed by atoms with van der Waals surface area (Å²) in [5.41, 5.74) is 2.20.